The Morgan fingerprint density at radius 3 is 2.49 bits per heavy atom. The average Bonchev–Trinajstić information content (AvgIpc) is 2.77. The zero-order valence-corrected chi connectivity index (χ0v) is 19.1. The van der Waals surface area contributed by atoms with E-state index in [-0.39, 0.29) is 55.4 Å². The van der Waals surface area contributed by atoms with Crippen LogP contribution in [0.3, 0.4) is 0 Å². The van der Waals surface area contributed by atoms with Crippen LogP contribution in [0.1, 0.15) is 54.9 Å². The van der Waals surface area contributed by atoms with Gasteiger partial charge in [-0.25, -0.2) is 8.78 Å². The van der Waals surface area contributed by atoms with Crippen LogP contribution in [0.2, 0.25) is 0 Å². The lowest BCUT2D eigenvalue weighted by atomic mass is 9.59. The second kappa shape index (κ2) is 8.75. The summed E-state index contributed by atoms with van der Waals surface area (Å²) in [5.41, 5.74) is 3.24. The third-order valence-corrected chi connectivity index (χ3v) is 7.48. The van der Waals surface area contributed by atoms with Crippen molar-refractivity contribution in [3.63, 3.8) is 0 Å². The van der Waals surface area contributed by atoms with Crippen LogP contribution in [0.5, 0.6) is 5.75 Å². The molecule has 0 bridgehead atoms. The van der Waals surface area contributed by atoms with Gasteiger partial charge in [0.25, 0.3) is 5.91 Å². The number of primary amides is 1. The van der Waals surface area contributed by atoms with Crippen LogP contribution in [0, 0.1) is 11.8 Å². The van der Waals surface area contributed by atoms with Crippen molar-refractivity contribution in [1.29, 1.82) is 0 Å². The van der Waals surface area contributed by atoms with E-state index in [1.165, 1.54) is 0 Å². The topological polar surface area (TPSA) is 158 Å². The quantitative estimate of drug-likeness (QED) is 0.383. The number of aliphatic hydroxyl groups is 3. The normalized spacial score (nSPS) is 26.1. The minimum atomic E-state index is -2.62. The molecule has 0 saturated heterocycles. The van der Waals surface area contributed by atoms with Gasteiger partial charge in [-0.05, 0) is 54.7 Å². The molecule has 8 nitrogen and oxygen atoms in total. The van der Waals surface area contributed by atoms with E-state index in [1.807, 2.05) is 6.92 Å². The predicted molar refractivity (Wildman–Crippen MR) is 120 cm³/mol. The lowest BCUT2D eigenvalue weighted by molar-refractivity contribution is -0.147. The highest BCUT2D eigenvalue weighted by molar-refractivity contribution is 6.22. The van der Waals surface area contributed by atoms with Gasteiger partial charge < -0.3 is 26.2 Å². The number of rotatable bonds is 6. The molecule has 35 heavy (non-hydrogen) atoms. The molecule has 1 aromatic carbocycles. The molecule has 0 unspecified atom stereocenters. The molecule has 4 rings (SSSR count). The molecular weight excluding hydrogens is 464 g/mol. The number of benzene rings is 1. The van der Waals surface area contributed by atoms with E-state index >= 15 is 0 Å². The number of nitrogens with two attached hydrogens (primary N) is 1. The molecule has 0 aliphatic heterocycles. The molecule has 188 valence electrons. The highest BCUT2D eigenvalue weighted by Crippen LogP contribution is 2.52. The Bertz CT molecular complexity index is 1200. The van der Waals surface area contributed by atoms with Crippen molar-refractivity contribution in [2.24, 2.45) is 17.6 Å². The Balaban J connectivity index is 1.86. The number of hydrogen-bond donors (Lipinski definition) is 5. The molecule has 6 N–H and O–H groups in total. The lowest BCUT2D eigenvalue weighted by Gasteiger charge is -2.46. The van der Waals surface area contributed by atoms with E-state index in [9.17, 15) is 43.6 Å². The van der Waals surface area contributed by atoms with Gasteiger partial charge in [0.2, 0.25) is 12.2 Å². The molecule has 1 fully saturated rings. The first-order valence-corrected chi connectivity index (χ1v) is 11.5. The Hall–Kier alpha value is -3.27. The maximum absolute atomic E-state index is 13.5. The zero-order chi connectivity index (χ0) is 25.8. The van der Waals surface area contributed by atoms with Gasteiger partial charge in [-0.3, -0.25) is 14.4 Å². The van der Waals surface area contributed by atoms with Gasteiger partial charge in [-0.1, -0.05) is 13.0 Å². The first-order chi connectivity index (χ1) is 16.4. The number of carbonyl (C=O) groups excluding carboxylic acids is 3. The minimum absolute atomic E-state index is 0.00327. The fourth-order valence-electron chi connectivity index (χ4n) is 5.78. The number of carbonyl (C=O) groups is 3. The third kappa shape index (κ3) is 3.71. The van der Waals surface area contributed by atoms with E-state index in [2.05, 4.69) is 0 Å². The van der Waals surface area contributed by atoms with Crippen molar-refractivity contribution in [3.8, 4) is 5.75 Å². The fourth-order valence-corrected chi connectivity index (χ4v) is 5.78. The standard InChI is InChI=1S/C25H27F2NO7/c1-2-10-6-11(4-3-5-16(26)27)20(30)18-14(10)8-12-7-13-9-15(29)19(24(28)34)23(33)25(13,35)22(32)17(12)21(18)31/h6,12-13,16,30-31,33,35H,2-5,7-9H2,1H3,(H2,28,34)/t12-,13+,25+/m1/s1. The van der Waals surface area contributed by atoms with E-state index in [1.54, 1.807) is 6.07 Å². The van der Waals surface area contributed by atoms with Gasteiger partial charge >= 0.3 is 0 Å². The summed E-state index contributed by atoms with van der Waals surface area (Å²) in [7, 11) is 0. The summed E-state index contributed by atoms with van der Waals surface area (Å²) in [5, 5.41) is 44.0. The van der Waals surface area contributed by atoms with Crippen molar-refractivity contribution < 1.29 is 43.6 Å². The minimum Gasteiger partial charge on any atom is -0.508 e. The largest absolute Gasteiger partial charge is 0.508 e. The molecule has 0 radical (unpaired) electrons. The third-order valence-electron chi connectivity index (χ3n) is 7.48. The van der Waals surface area contributed by atoms with Crippen LogP contribution in [0.25, 0.3) is 5.76 Å². The molecule has 0 spiro atoms. The fraction of sp³-hybridized carbons (Fsp3) is 0.480. The van der Waals surface area contributed by atoms with Gasteiger partial charge in [0.15, 0.2) is 11.4 Å². The molecule has 3 aliphatic carbocycles. The predicted octanol–water partition coefficient (Wildman–Crippen LogP) is 2.57. The number of alkyl halides is 2. The second-order valence-corrected chi connectivity index (χ2v) is 9.44. The summed E-state index contributed by atoms with van der Waals surface area (Å²) in [4.78, 5) is 37.6. The van der Waals surface area contributed by atoms with Crippen molar-refractivity contribution >= 4 is 23.2 Å². The number of halogens is 2. The van der Waals surface area contributed by atoms with Gasteiger partial charge in [0, 0.05) is 24.3 Å². The first-order valence-electron chi connectivity index (χ1n) is 11.5. The molecule has 1 aromatic rings. The lowest BCUT2D eigenvalue weighted by Crippen LogP contribution is -2.58. The summed E-state index contributed by atoms with van der Waals surface area (Å²) < 4.78 is 25.2. The van der Waals surface area contributed by atoms with Gasteiger partial charge in [-0.2, -0.15) is 0 Å². The molecule has 3 atom stereocenters. The van der Waals surface area contributed by atoms with E-state index < -0.39 is 58.4 Å². The van der Waals surface area contributed by atoms with E-state index in [0.29, 0.717) is 17.5 Å². The summed E-state index contributed by atoms with van der Waals surface area (Å²) in [5.74, 6) is -6.77. The van der Waals surface area contributed by atoms with Crippen molar-refractivity contribution in [1.82, 2.24) is 0 Å². The van der Waals surface area contributed by atoms with E-state index in [4.69, 9.17) is 5.73 Å². The Morgan fingerprint density at radius 1 is 1.20 bits per heavy atom. The molecule has 0 heterocycles. The Labute approximate surface area is 199 Å². The van der Waals surface area contributed by atoms with Crippen LogP contribution >= 0.6 is 0 Å². The van der Waals surface area contributed by atoms with Gasteiger partial charge in [0.05, 0.1) is 5.56 Å². The van der Waals surface area contributed by atoms with Crippen LogP contribution in [0.4, 0.5) is 8.78 Å². The van der Waals surface area contributed by atoms with Gasteiger partial charge in [-0.15, -0.1) is 0 Å². The first kappa shape index (κ1) is 24.8. The number of phenols is 1. The zero-order valence-electron chi connectivity index (χ0n) is 19.1. The summed E-state index contributed by atoms with van der Waals surface area (Å²) >= 11 is 0. The summed E-state index contributed by atoms with van der Waals surface area (Å²) in [6.07, 6.45) is -2.18. The van der Waals surface area contributed by atoms with Crippen molar-refractivity contribution in [2.45, 2.75) is 63.9 Å². The number of amides is 1. The van der Waals surface area contributed by atoms with E-state index in [0.717, 1.165) is 5.56 Å². The molecule has 3 aliphatic rings. The SMILES string of the molecule is CCc1cc(CCCC(F)F)c(O)c2c1C[C@H]1C[C@H]3CC(=O)C(C(N)=O)=C(O)[C@@]3(O)C(=O)C1=C2O. The maximum atomic E-state index is 13.5. The van der Waals surface area contributed by atoms with Gasteiger partial charge in [0.1, 0.15) is 22.8 Å². The highest BCUT2D eigenvalue weighted by Gasteiger charge is 2.60. The van der Waals surface area contributed by atoms with Crippen LogP contribution < -0.4 is 5.73 Å². The average molecular weight is 491 g/mol. The second-order valence-electron chi connectivity index (χ2n) is 9.44. The maximum Gasteiger partial charge on any atom is 0.255 e. The van der Waals surface area contributed by atoms with Crippen LogP contribution in [-0.2, 0) is 33.6 Å². The smallest absolute Gasteiger partial charge is 0.255 e. The molecule has 10 heteroatoms. The number of phenolic OH excluding ortho intramolecular Hbond substituents is 1. The number of aryl methyl sites for hydroxylation is 2. The molecule has 1 saturated carbocycles. The highest BCUT2D eigenvalue weighted by atomic mass is 19.3. The molecular formula is C25H27F2NO7. The number of hydrogen-bond acceptors (Lipinski definition) is 7. The van der Waals surface area contributed by atoms with Crippen LogP contribution in [0.15, 0.2) is 23.0 Å². The number of aliphatic hydroxyl groups excluding tert-OH is 2. The molecule has 0 aromatic heterocycles. The number of fused-ring (bicyclic) bond motifs is 3. The van der Waals surface area contributed by atoms with Crippen molar-refractivity contribution in [2.75, 3.05) is 0 Å². The Morgan fingerprint density at radius 2 is 1.89 bits per heavy atom. The number of ketones is 2. The Kier molecular flexibility index (Phi) is 6.21. The van der Waals surface area contributed by atoms with Crippen molar-refractivity contribution in [3.05, 3.63) is 45.2 Å². The summed E-state index contributed by atoms with van der Waals surface area (Å²) in [6, 6.07) is 1.72. The molecule has 1 amide bonds. The number of Topliss-reactive ketones (excluding diaryl/α,β-unsaturated/α-hetero) is 2. The van der Waals surface area contributed by atoms with Crippen LogP contribution in [-0.4, -0.2) is 49.9 Å². The monoisotopic (exact) mass is 491 g/mol. The number of aromatic hydroxyl groups is 1. The summed E-state index contributed by atoms with van der Waals surface area (Å²) in [6.45, 7) is 1.87.